The van der Waals surface area contributed by atoms with E-state index in [4.69, 9.17) is 19.9 Å². The standard InChI is InChI=1S/C30H30F6N4O5/c31-19-8-4-17(5-9-19)25(18-6-10-20(32)11-7-18)26(37)28(41)40-27-23(33)2-1-3-24(27)44-15-22-12-38-21(13-43-22)14-45-29(42)39-16-30(34,35)36/h1-11,21-22,25-26,38H,12-16,37H2,(H,39,42)(H,40,41)/t21-,22-,26?/m0/s1. The molecule has 1 heterocycles. The van der Waals surface area contributed by atoms with E-state index in [1.165, 1.54) is 60.7 Å². The van der Waals surface area contributed by atoms with Crippen LogP contribution in [0.15, 0.2) is 66.7 Å². The lowest BCUT2D eigenvalue weighted by atomic mass is 9.85. The molecule has 0 aromatic heterocycles. The summed E-state index contributed by atoms with van der Waals surface area (Å²) in [6, 6.07) is 12.7. The smallest absolute Gasteiger partial charge is 0.407 e. The van der Waals surface area contributed by atoms with E-state index in [2.05, 4.69) is 10.6 Å². The fourth-order valence-electron chi connectivity index (χ4n) is 4.52. The van der Waals surface area contributed by atoms with Crippen LogP contribution in [0.2, 0.25) is 0 Å². The molecule has 45 heavy (non-hydrogen) atoms. The van der Waals surface area contributed by atoms with Crippen LogP contribution in [0.1, 0.15) is 17.0 Å². The average molecular weight is 641 g/mol. The Bertz CT molecular complexity index is 1390. The zero-order valence-corrected chi connectivity index (χ0v) is 23.6. The summed E-state index contributed by atoms with van der Waals surface area (Å²) in [5.74, 6) is -3.46. The third-order valence-corrected chi connectivity index (χ3v) is 6.78. The van der Waals surface area contributed by atoms with E-state index in [0.717, 1.165) is 6.07 Å². The molecule has 5 N–H and O–H groups in total. The fraction of sp³-hybridized carbons (Fsp3) is 0.333. The molecule has 0 aliphatic carbocycles. The summed E-state index contributed by atoms with van der Waals surface area (Å²) >= 11 is 0. The monoisotopic (exact) mass is 640 g/mol. The quantitative estimate of drug-likeness (QED) is 0.232. The molecule has 0 bridgehead atoms. The Hall–Kier alpha value is -4.34. The largest absolute Gasteiger partial charge is 0.489 e. The van der Waals surface area contributed by atoms with E-state index < -0.39 is 66.3 Å². The van der Waals surface area contributed by atoms with Gasteiger partial charge in [0.2, 0.25) is 5.91 Å². The molecule has 3 aromatic rings. The third-order valence-electron chi connectivity index (χ3n) is 6.78. The van der Waals surface area contributed by atoms with Gasteiger partial charge in [0.25, 0.3) is 0 Å². The number of amides is 2. The van der Waals surface area contributed by atoms with Crippen molar-refractivity contribution in [1.82, 2.24) is 10.6 Å². The third kappa shape index (κ3) is 9.83. The number of alkyl carbamates (subject to hydrolysis) is 1. The van der Waals surface area contributed by atoms with E-state index in [9.17, 15) is 35.9 Å². The van der Waals surface area contributed by atoms with Crippen LogP contribution < -0.4 is 26.4 Å². The van der Waals surface area contributed by atoms with Crippen LogP contribution >= 0.6 is 0 Å². The molecule has 1 aliphatic rings. The normalized spacial score (nSPS) is 17.4. The summed E-state index contributed by atoms with van der Waals surface area (Å²) in [5, 5.41) is 7.08. The van der Waals surface area contributed by atoms with Gasteiger partial charge in [0.05, 0.1) is 18.7 Å². The van der Waals surface area contributed by atoms with Crippen LogP contribution in [0.3, 0.4) is 0 Å². The molecule has 4 rings (SSSR count). The highest BCUT2D eigenvalue weighted by atomic mass is 19.4. The number of carbonyl (C=O) groups is 2. The van der Waals surface area contributed by atoms with Gasteiger partial charge in [-0.15, -0.1) is 0 Å². The van der Waals surface area contributed by atoms with Gasteiger partial charge < -0.3 is 35.9 Å². The lowest BCUT2D eigenvalue weighted by molar-refractivity contribution is -0.124. The predicted octanol–water partition coefficient (Wildman–Crippen LogP) is 4.23. The first-order chi connectivity index (χ1) is 21.4. The van der Waals surface area contributed by atoms with Gasteiger partial charge in [-0.3, -0.25) is 4.79 Å². The Kier molecular flexibility index (Phi) is 11.3. The lowest BCUT2D eigenvalue weighted by Crippen LogP contribution is -2.51. The minimum Gasteiger partial charge on any atom is -0.489 e. The maximum absolute atomic E-state index is 14.9. The molecule has 1 unspecified atom stereocenters. The molecule has 3 atom stereocenters. The maximum Gasteiger partial charge on any atom is 0.407 e. The second-order valence-electron chi connectivity index (χ2n) is 10.1. The summed E-state index contributed by atoms with van der Waals surface area (Å²) < 4.78 is 94.9. The molecule has 9 nitrogen and oxygen atoms in total. The molecule has 1 fully saturated rings. The Morgan fingerprint density at radius 3 is 2.13 bits per heavy atom. The first-order valence-electron chi connectivity index (χ1n) is 13.7. The summed E-state index contributed by atoms with van der Waals surface area (Å²) in [4.78, 5) is 24.8. The van der Waals surface area contributed by atoms with Crippen molar-refractivity contribution in [2.75, 3.05) is 38.2 Å². The zero-order valence-electron chi connectivity index (χ0n) is 23.6. The molecule has 15 heteroatoms. The minimum absolute atomic E-state index is 0.0222. The van der Waals surface area contributed by atoms with Crippen LogP contribution in [0, 0.1) is 17.5 Å². The number of morpholine rings is 1. The molecule has 1 saturated heterocycles. The average Bonchev–Trinajstić information content (AvgIpc) is 3.01. The van der Waals surface area contributed by atoms with Crippen molar-refractivity contribution in [2.24, 2.45) is 5.73 Å². The summed E-state index contributed by atoms with van der Waals surface area (Å²) in [6.45, 7) is -1.60. The highest BCUT2D eigenvalue weighted by Gasteiger charge is 2.31. The highest BCUT2D eigenvalue weighted by Crippen LogP contribution is 2.31. The molecule has 2 amide bonds. The van der Waals surface area contributed by atoms with Gasteiger partial charge in [-0.1, -0.05) is 30.3 Å². The minimum atomic E-state index is -4.56. The summed E-state index contributed by atoms with van der Waals surface area (Å²) in [7, 11) is 0. The van der Waals surface area contributed by atoms with Crippen LogP contribution in [-0.4, -0.2) is 69.3 Å². The number of rotatable bonds is 11. The van der Waals surface area contributed by atoms with E-state index >= 15 is 0 Å². The van der Waals surface area contributed by atoms with Crippen molar-refractivity contribution in [3.05, 3.63) is 95.3 Å². The number of halogens is 6. The zero-order chi connectivity index (χ0) is 32.6. The second kappa shape index (κ2) is 15.1. The topological polar surface area (TPSA) is 124 Å². The number of carbonyl (C=O) groups excluding carboxylic acids is 2. The van der Waals surface area contributed by atoms with Gasteiger partial charge in [-0.2, -0.15) is 13.2 Å². The summed E-state index contributed by atoms with van der Waals surface area (Å²) in [5.41, 5.74) is 7.02. The van der Waals surface area contributed by atoms with Gasteiger partial charge >= 0.3 is 12.3 Å². The molecule has 1 aliphatic heterocycles. The van der Waals surface area contributed by atoms with Gasteiger partial charge in [0.15, 0.2) is 5.82 Å². The number of benzene rings is 3. The Balaban J connectivity index is 1.35. The van der Waals surface area contributed by atoms with Crippen molar-refractivity contribution < 1.29 is 50.1 Å². The maximum atomic E-state index is 14.9. The molecule has 3 aromatic carbocycles. The van der Waals surface area contributed by atoms with Crippen molar-refractivity contribution in [1.29, 1.82) is 0 Å². The van der Waals surface area contributed by atoms with Gasteiger partial charge in [0, 0.05) is 12.5 Å². The fourth-order valence-corrected chi connectivity index (χ4v) is 4.52. The molecule has 0 spiro atoms. The van der Waals surface area contributed by atoms with Crippen LogP contribution in [0.4, 0.5) is 36.8 Å². The van der Waals surface area contributed by atoms with Crippen molar-refractivity contribution >= 4 is 17.7 Å². The van der Waals surface area contributed by atoms with Gasteiger partial charge in [-0.25, -0.2) is 18.0 Å². The first kappa shape index (κ1) is 33.6. The molecule has 242 valence electrons. The van der Waals surface area contributed by atoms with Crippen molar-refractivity contribution in [3.63, 3.8) is 0 Å². The number of ether oxygens (including phenoxy) is 3. The Morgan fingerprint density at radius 1 is 0.956 bits per heavy atom. The molecule has 0 saturated carbocycles. The summed E-state index contributed by atoms with van der Waals surface area (Å²) in [6.07, 6.45) is -6.33. The SMILES string of the molecule is NC(C(=O)Nc1c(F)cccc1OC[C@@H]1CN[C@H](COC(=O)NCC(F)(F)F)CO1)C(c1ccc(F)cc1)c1ccc(F)cc1. The number of alkyl halides is 3. The Labute approximate surface area is 254 Å². The number of nitrogens with one attached hydrogen (secondary N) is 3. The highest BCUT2D eigenvalue weighted by molar-refractivity contribution is 5.97. The number of hydrogen-bond donors (Lipinski definition) is 4. The van der Waals surface area contributed by atoms with Gasteiger partial charge in [-0.05, 0) is 47.5 Å². The van der Waals surface area contributed by atoms with E-state index in [1.54, 1.807) is 5.32 Å². The van der Waals surface area contributed by atoms with E-state index in [0.29, 0.717) is 11.1 Å². The molecule has 0 radical (unpaired) electrons. The number of anilines is 1. The number of hydrogen-bond acceptors (Lipinski definition) is 7. The van der Waals surface area contributed by atoms with Crippen LogP contribution in [0.25, 0.3) is 0 Å². The number of para-hydroxylation sites is 1. The Morgan fingerprint density at radius 2 is 1.58 bits per heavy atom. The lowest BCUT2D eigenvalue weighted by Gasteiger charge is -2.30. The van der Waals surface area contributed by atoms with Gasteiger partial charge in [0.1, 0.15) is 48.9 Å². The van der Waals surface area contributed by atoms with E-state index in [-0.39, 0.29) is 37.8 Å². The van der Waals surface area contributed by atoms with Crippen molar-refractivity contribution in [3.8, 4) is 5.75 Å². The van der Waals surface area contributed by atoms with Crippen LogP contribution in [-0.2, 0) is 14.3 Å². The molecular formula is C30H30F6N4O5. The van der Waals surface area contributed by atoms with Crippen molar-refractivity contribution in [2.45, 2.75) is 30.3 Å². The number of nitrogens with two attached hydrogens (primary N) is 1. The van der Waals surface area contributed by atoms with E-state index in [1.807, 2.05) is 0 Å². The molecular weight excluding hydrogens is 610 g/mol. The first-order valence-corrected chi connectivity index (χ1v) is 13.7. The van der Waals surface area contributed by atoms with Crippen LogP contribution in [0.5, 0.6) is 5.75 Å². The predicted molar refractivity (Wildman–Crippen MR) is 150 cm³/mol. The second-order valence-corrected chi connectivity index (χ2v) is 10.1.